The van der Waals surface area contributed by atoms with Crippen molar-refractivity contribution in [2.24, 2.45) is 0 Å². The van der Waals surface area contributed by atoms with Crippen LogP contribution >= 0.6 is 11.8 Å². The van der Waals surface area contributed by atoms with Gasteiger partial charge in [-0.3, -0.25) is 4.79 Å². The van der Waals surface area contributed by atoms with Crippen LogP contribution in [-0.2, 0) is 4.79 Å². The summed E-state index contributed by atoms with van der Waals surface area (Å²) in [7, 11) is 1.62. The van der Waals surface area contributed by atoms with Gasteiger partial charge in [0.15, 0.2) is 5.16 Å². The maximum atomic E-state index is 13.0. The van der Waals surface area contributed by atoms with Crippen molar-refractivity contribution in [2.75, 3.05) is 18.6 Å². The van der Waals surface area contributed by atoms with Crippen LogP contribution in [0.15, 0.2) is 53.7 Å². The fraction of sp³-hybridized carbons (Fsp3) is 0.250. The zero-order valence-corrected chi connectivity index (χ0v) is 16.0. The zero-order valence-electron chi connectivity index (χ0n) is 15.2. The lowest BCUT2D eigenvalue weighted by Crippen LogP contribution is -2.37. The van der Waals surface area contributed by atoms with Gasteiger partial charge < -0.3 is 14.6 Å². The number of nitriles is 1. The van der Waals surface area contributed by atoms with Crippen LogP contribution in [0.1, 0.15) is 13.3 Å². The molecule has 1 aromatic heterocycles. The number of nitrogens with one attached hydrogen (secondary N) is 1. The Balaban J connectivity index is 1.78. The monoisotopic (exact) mass is 380 g/mol. The van der Waals surface area contributed by atoms with E-state index < -0.39 is 0 Å². The Labute approximate surface area is 162 Å². The topological polar surface area (TPSA) is 82.0 Å². The van der Waals surface area contributed by atoms with Crippen molar-refractivity contribution in [3.63, 3.8) is 0 Å². The van der Waals surface area contributed by atoms with Crippen molar-refractivity contribution in [3.05, 3.63) is 48.5 Å². The van der Waals surface area contributed by atoms with Crippen LogP contribution in [0.5, 0.6) is 5.75 Å². The number of para-hydroxylation sites is 1. The van der Waals surface area contributed by atoms with E-state index in [1.807, 2.05) is 55.5 Å². The van der Waals surface area contributed by atoms with Crippen molar-refractivity contribution in [1.82, 2.24) is 9.97 Å². The van der Waals surface area contributed by atoms with Crippen molar-refractivity contribution >= 4 is 34.4 Å². The first-order chi connectivity index (χ1) is 13.1. The first kappa shape index (κ1) is 18.8. The molecule has 0 bridgehead atoms. The molecule has 0 saturated carbocycles. The first-order valence-electron chi connectivity index (χ1n) is 8.56. The number of carbonyl (C=O) groups excluding carboxylic acids is 1. The Morgan fingerprint density at radius 1 is 1.33 bits per heavy atom. The largest absolute Gasteiger partial charge is 0.497 e. The number of hydrogen-bond acceptors (Lipinski definition) is 5. The molecule has 1 N–H and O–H groups in total. The van der Waals surface area contributed by atoms with Gasteiger partial charge in [0, 0.05) is 18.3 Å². The Bertz CT molecular complexity index is 965. The number of amides is 1. The number of thioether (sulfide) groups is 1. The van der Waals surface area contributed by atoms with E-state index in [2.05, 4.69) is 16.0 Å². The quantitative estimate of drug-likeness (QED) is 0.627. The molecular formula is C20H20N4O2S. The van der Waals surface area contributed by atoms with Gasteiger partial charge >= 0.3 is 0 Å². The molecule has 1 atom stereocenters. The van der Waals surface area contributed by atoms with E-state index in [0.717, 1.165) is 22.5 Å². The van der Waals surface area contributed by atoms with Crippen LogP contribution in [0, 0.1) is 11.3 Å². The molecule has 1 amide bonds. The molecule has 0 aliphatic heterocycles. The number of aromatic amines is 1. The minimum atomic E-state index is -0.355. The van der Waals surface area contributed by atoms with Crippen molar-refractivity contribution in [1.29, 1.82) is 5.26 Å². The molecule has 2 aromatic carbocycles. The average molecular weight is 380 g/mol. The lowest BCUT2D eigenvalue weighted by Gasteiger charge is -2.24. The number of fused-ring (bicyclic) bond motifs is 1. The van der Waals surface area contributed by atoms with Gasteiger partial charge in [-0.05, 0) is 31.2 Å². The number of carbonyl (C=O) groups is 1. The molecule has 0 aliphatic rings. The van der Waals surface area contributed by atoms with Crippen LogP contribution in [0.4, 0.5) is 5.69 Å². The average Bonchev–Trinajstić information content (AvgIpc) is 3.10. The fourth-order valence-corrected chi connectivity index (χ4v) is 3.60. The first-order valence-corrected chi connectivity index (χ1v) is 9.44. The number of hydrogen-bond donors (Lipinski definition) is 1. The summed E-state index contributed by atoms with van der Waals surface area (Å²) in [6.07, 6.45) is 0.280. The molecule has 0 aliphatic carbocycles. The van der Waals surface area contributed by atoms with Gasteiger partial charge in [-0.2, -0.15) is 5.26 Å². The minimum Gasteiger partial charge on any atom is -0.497 e. The molecular weight excluding hydrogens is 360 g/mol. The number of nitrogens with zero attached hydrogens (tertiary/aromatic N) is 3. The van der Waals surface area contributed by atoms with E-state index in [-0.39, 0.29) is 17.6 Å². The zero-order chi connectivity index (χ0) is 19.2. The summed E-state index contributed by atoms with van der Waals surface area (Å²) in [6, 6.07) is 17.1. The molecule has 1 heterocycles. The highest BCUT2D eigenvalue weighted by atomic mass is 32.2. The van der Waals surface area contributed by atoms with Gasteiger partial charge in [-0.1, -0.05) is 30.0 Å². The fourth-order valence-electron chi connectivity index (χ4n) is 2.72. The standard InChI is InChI=1S/C20H20N4O2S/c1-14(19(25)24(12-6-11-21)15-7-4-3-5-8-15)27-20-22-17-10-9-16(26-2)13-18(17)23-20/h3-5,7-10,13-14H,6,12H2,1-2H3,(H,22,23). The second-order valence-corrected chi connectivity index (χ2v) is 7.25. The van der Waals surface area contributed by atoms with Crippen molar-refractivity contribution in [3.8, 4) is 11.8 Å². The van der Waals surface area contributed by atoms with Crippen LogP contribution in [0.3, 0.4) is 0 Å². The second kappa shape index (κ2) is 8.60. The molecule has 3 rings (SSSR count). The van der Waals surface area contributed by atoms with Crippen LogP contribution in [0.2, 0.25) is 0 Å². The second-order valence-electron chi connectivity index (χ2n) is 5.92. The van der Waals surface area contributed by atoms with E-state index in [4.69, 9.17) is 10.00 Å². The summed E-state index contributed by atoms with van der Waals surface area (Å²) >= 11 is 1.37. The molecule has 0 fully saturated rings. The Hall–Kier alpha value is -2.98. The number of ether oxygens (including phenoxy) is 1. The number of rotatable bonds is 7. The minimum absolute atomic E-state index is 0.0560. The predicted molar refractivity (Wildman–Crippen MR) is 107 cm³/mol. The molecule has 0 saturated heterocycles. The molecule has 3 aromatic rings. The summed E-state index contributed by atoms with van der Waals surface area (Å²) in [4.78, 5) is 22.4. The summed E-state index contributed by atoms with van der Waals surface area (Å²) in [6.45, 7) is 2.21. The molecule has 1 unspecified atom stereocenters. The maximum Gasteiger partial charge on any atom is 0.240 e. The van der Waals surface area contributed by atoms with E-state index in [9.17, 15) is 4.79 Å². The van der Waals surface area contributed by atoms with Gasteiger partial charge in [0.25, 0.3) is 0 Å². The smallest absolute Gasteiger partial charge is 0.240 e. The molecule has 7 heteroatoms. The SMILES string of the molecule is COc1ccc2nc(SC(C)C(=O)N(CCC#N)c3ccccc3)[nH]c2c1. The summed E-state index contributed by atoms with van der Waals surface area (Å²) in [5.74, 6) is 0.693. The van der Waals surface area contributed by atoms with Crippen LogP contribution in [-0.4, -0.2) is 34.8 Å². The summed E-state index contributed by atoms with van der Waals surface area (Å²) in [5, 5.41) is 9.24. The third-order valence-electron chi connectivity index (χ3n) is 4.08. The van der Waals surface area contributed by atoms with Gasteiger partial charge in [-0.25, -0.2) is 4.98 Å². The third-order valence-corrected chi connectivity index (χ3v) is 5.06. The van der Waals surface area contributed by atoms with Crippen molar-refractivity contribution in [2.45, 2.75) is 23.8 Å². The number of benzene rings is 2. The molecule has 0 spiro atoms. The van der Waals surface area contributed by atoms with Gasteiger partial charge in [-0.15, -0.1) is 0 Å². The van der Waals surface area contributed by atoms with Gasteiger partial charge in [0.1, 0.15) is 5.75 Å². The Morgan fingerprint density at radius 2 is 2.11 bits per heavy atom. The van der Waals surface area contributed by atoms with E-state index >= 15 is 0 Å². The van der Waals surface area contributed by atoms with E-state index in [0.29, 0.717) is 11.7 Å². The molecule has 27 heavy (non-hydrogen) atoms. The number of methoxy groups -OCH3 is 1. The highest BCUT2D eigenvalue weighted by Gasteiger charge is 2.23. The summed E-state index contributed by atoms with van der Waals surface area (Å²) < 4.78 is 5.23. The van der Waals surface area contributed by atoms with E-state index in [1.165, 1.54) is 11.8 Å². The number of aromatic nitrogens is 2. The highest BCUT2D eigenvalue weighted by molar-refractivity contribution is 8.00. The van der Waals surface area contributed by atoms with Gasteiger partial charge in [0.2, 0.25) is 5.91 Å². The third kappa shape index (κ3) is 4.41. The maximum absolute atomic E-state index is 13.0. The van der Waals surface area contributed by atoms with Crippen molar-refractivity contribution < 1.29 is 9.53 Å². The molecule has 0 radical (unpaired) electrons. The highest BCUT2D eigenvalue weighted by Crippen LogP contribution is 2.27. The number of H-pyrrole nitrogens is 1. The van der Waals surface area contributed by atoms with E-state index in [1.54, 1.807) is 12.0 Å². The van der Waals surface area contributed by atoms with Gasteiger partial charge in [0.05, 0.1) is 35.9 Å². The Kier molecular flexibility index (Phi) is 5.99. The Morgan fingerprint density at radius 3 is 2.81 bits per heavy atom. The number of imidazole rings is 1. The normalized spacial score (nSPS) is 11.7. The summed E-state index contributed by atoms with van der Waals surface area (Å²) in [5.41, 5.74) is 2.47. The lowest BCUT2D eigenvalue weighted by molar-refractivity contribution is -0.117. The molecule has 138 valence electrons. The van der Waals surface area contributed by atoms with Crippen LogP contribution in [0.25, 0.3) is 11.0 Å². The lowest BCUT2D eigenvalue weighted by atomic mass is 10.2. The predicted octanol–water partition coefficient (Wildman–Crippen LogP) is 4.00. The molecule has 6 nitrogen and oxygen atoms in total. The number of anilines is 1. The van der Waals surface area contributed by atoms with Crippen LogP contribution < -0.4 is 9.64 Å².